The molecular formula is C15H17F3N4O2. The lowest BCUT2D eigenvalue weighted by Crippen LogP contribution is -2.25. The van der Waals surface area contributed by atoms with Crippen molar-refractivity contribution in [1.29, 1.82) is 0 Å². The third kappa shape index (κ3) is 6.78. The number of amides is 1. The number of carbonyl (C=O) groups excluding carboxylic acids is 1. The second-order valence-electron chi connectivity index (χ2n) is 5.10. The third-order valence-electron chi connectivity index (χ3n) is 3.06. The summed E-state index contributed by atoms with van der Waals surface area (Å²) < 4.78 is 41.7. The number of benzene rings is 1. The summed E-state index contributed by atoms with van der Waals surface area (Å²) in [4.78, 5) is 15.4. The number of ether oxygens (including phenoxy) is 1. The highest BCUT2D eigenvalue weighted by atomic mass is 19.4. The summed E-state index contributed by atoms with van der Waals surface area (Å²) in [6.07, 6.45) is -1.40. The van der Waals surface area contributed by atoms with Gasteiger partial charge in [-0.1, -0.05) is 24.3 Å². The van der Waals surface area contributed by atoms with E-state index in [0.717, 1.165) is 11.1 Å². The van der Waals surface area contributed by atoms with Gasteiger partial charge in [0.2, 0.25) is 5.91 Å². The zero-order chi connectivity index (χ0) is 17.4. The van der Waals surface area contributed by atoms with Crippen LogP contribution in [0.2, 0.25) is 0 Å². The molecule has 2 rings (SSSR count). The van der Waals surface area contributed by atoms with E-state index in [1.807, 2.05) is 24.3 Å². The highest BCUT2D eigenvalue weighted by molar-refractivity contribution is 5.75. The van der Waals surface area contributed by atoms with Gasteiger partial charge in [-0.25, -0.2) is 9.67 Å². The number of nitrogens with zero attached hydrogens (tertiary/aromatic N) is 3. The Morgan fingerprint density at radius 3 is 2.54 bits per heavy atom. The van der Waals surface area contributed by atoms with Gasteiger partial charge in [0.25, 0.3) is 0 Å². The molecule has 0 aliphatic heterocycles. The molecule has 0 atom stereocenters. The SMILES string of the molecule is O=C(CCOCC(F)(F)F)NCc1ccc(Cn2cncn2)cc1. The van der Waals surface area contributed by atoms with Crippen molar-refractivity contribution in [3.63, 3.8) is 0 Å². The molecule has 1 N–H and O–H groups in total. The molecule has 9 heteroatoms. The predicted molar refractivity (Wildman–Crippen MR) is 78.9 cm³/mol. The molecule has 130 valence electrons. The third-order valence-corrected chi connectivity index (χ3v) is 3.06. The lowest BCUT2D eigenvalue weighted by Gasteiger charge is -2.08. The van der Waals surface area contributed by atoms with Gasteiger partial charge in [0, 0.05) is 13.0 Å². The quantitative estimate of drug-likeness (QED) is 0.744. The number of hydrogen-bond donors (Lipinski definition) is 1. The van der Waals surface area contributed by atoms with Crippen LogP contribution in [0.25, 0.3) is 0 Å². The molecule has 0 aliphatic rings. The molecule has 24 heavy (non-hydrogen) atoms. The molecule has 0 unspecified atom stereocenters. The molecule has 0 spiro atoms. The van der Waals surface area contributed by atoms with Crippen LogP contribution in [-0.4, -0.2) is 40.1 Å². The Bertz CT molecular complexity index is 627. The fraction of sp³-hybridized carbons (Fsp3) is 0.400. The zero-order valence-electron chi connectivity index (χ0n) is 12.8. The van der Waals surface area contributed by atoms with Crippen molar-refractivity contribution in [3.8, 4) is 0 Å². The van der Waals surface area contributed by atoms with Crippen LogP contribution in [0.15, 0.2) is 36.9 Å². The van der Waals surface area contributed by atoms with Gasteiger partial charge < -0.3 is 10.1 Å². The van der Waals surface area contributed by atoms with E-state index in [9.17, 15) is 18.0 Å². The van der Waals surface area contributed by atoms with Gasteiger partial charge in [-0.2, -0.15) is 18.3 Å². The number of nitrogens with one attached hydrogen (secondary N) is 1. The van der Waals surface area contributed by atoms with Crippen molar-refractivity contribution >= 4 is 5.91 Å². The van der Waals surface area contributed by atoms with Crippen molar-refractivity contribution < 1.29 is 22.7 Å². The van der Waals surface area contributed by atoms with Gasteiger partial charge in [0.15, 0.2) is 0 Å². The molecule has 6 nitrogen and oxygen atoms in total. The van der Waals surface area contributed by atoms with E-state index in [1.165, 1.54) is 6.33 Å². The largest absolute Gasteiger partial charge is 0.411 e. The first-order valence-electron chi connectivity index (χ1n) is 7.24. The summed E-state index contributed by atoms with van der Waals surface area (Å²) in [5.74, 6) is -0.358. The second kappa shape index (κ2) is 8.44. The van der Waals surface area contributed by atoms with Gasteiger partial charge in [-0.15, -0.1) is 0 Å². The first-order chi connectivity index (χ1) is 11.4. The molecule has 0 saturated carbocycles. The summed E-state index contributed by atoms with van der Waals surface area (Å²) in [6, 6.07) is 7.56. The molecule has 1 aromatic heterocycles. The molecule has 1 heterocycles. The molecule has 2 aromatic rings. The van der Waals surface area contributed by atoms with E-state index in [2.05, 4.69) is 20.1 Å². The Hall–Kier alpha value is -2.42. The fourth-order valence-electron chi connectivity index (χ4n) is 1.91. The number of rotatable bonds is 8. The summed E-state index contributed by atoms with van der Waals surface area (Å²) in [5, 5.41) is 6.64. The molecule has 1 aromatic carbocycles. The van der Waals surface area contributed by atoms with E-state index in [1.54, 1.807) is 11.0 Å². The van der Waals surface area contributed by atoms with Crippen LogP contribution in [-0.2, 0) is 22.6 Å². The van der Waals surface area contributed by atoms with Crippen molar-refractivity contribution in [2.45, 2.75) is 25.7 Å². The van der Waals surface area contributed by atoms with Crippen LogP contribution in [0.4, 0.5) is 13.2 Å². The van der Waals surface area contributed by atoms with Gasteiger partial charge in [0.1, 0.15) is 19.3 Å². The van der Waals surface area contributed by atoms with Crippen LogP contribution in [0.3, 0.4) is 0 Å². The minimum Gasteiger partial charge on any atom is -0.372 e. The van der Waals surface area contributed by atoms with E-state index < -0.39 is 12.8 Å². The van der Waals surface area contributed by atoms with Crippen LogP contribution >= 0.6 is 0 Å². The standard InChI is InChI=1S/C15H17F3N4O2/c16-15(17,18)9-24-6-5-14(23)20-7-12-1-3-13(4-2-12)8-22-11-19-10-21-22/h1-4,10-11H,5-9H2,(H,20,23). The van der Waals surface area contributed by atoms with Gasteiger partial charge >= 0.3 is 6.18 Å². The summed E-state index contributed by atoms with van der Waals surface area (Å²) >= 11 is 0. The monoisotopic (exact) mass is 342 g/mol. The summed E-state index contributed by atoms with van der Waals surface area (Å²) in [5.41, 5.74) is 1.93. The highest BCUT2D eigenvalue weighted by Crippen LogP contribution is 2.14. The van der Waals surface area contributed by atoms with Gasteiger partial charge in [-0.3, -0.25) is 4.79 Å². The zero-order valence-corrected chi connectivity index (χ0v) is 12.8. The maximum absolute atomic E-state index is 11.9. The van der Waals surface area contributed by atoms with Gasteiger partial charge in [0.05, 0.1) is 13.2 Å². The Balaban J connectivity index is 1.67. The molecule has 1 amide bonds. The topological polar surface area (TPSA) is 69.0 Å². The maximum atomic E-state index is 11.9. The average molecular weight is 342 g/mol. The molecule has 0 saturated heterocycles. The highest BCUT2D eigenvalue weighted by Gasteiger charge is 2.27. The van der Waals surface area contributed by atoms with E-state index >= 15 is 0 Å². The number of alkyl halides is 3. The minimum atomic E-state index is -4.37. The first-order valence-corrected chi connectivity index (χ1v) is 7.24. The normalized spacial score (nSPS) is 11.5. The van der Waals surface area contributed by atoms with Crippen LogP contribution < -0.4 is 5.32 Å². The maximum Gasteiger partial charge on any atom is 0.411 e. The second-order valence-corrected chi connectivity index (χ2v) is 5.10. The number of hydrogen-bond acceptors (Lipinski definition) is 4. The van der Waals surface area contributed by atoms with E-state index in [-0.39, 0.29) is 18.9 Å². The van der Waals surface area contributed by atoms with Crippen molar-refractivity contribution in [1.82, 2.24) is 20.1 Å². The van der Waals surface area contributed by atoms with E-state index in [4.69, 9.17) is 0 Å². The van der Waals surface area contributed by atoms with Crippen LogP contribution in [0.1, 0.15) is 17.5 Å². The lowest BCUT2D eigenvalue weighted by molar-refractivity contribution is -0.174. The van der Waals surface area contributed by atoms with Crippen molar-refractivity contribution in [2.75, 3.05) is 13.2 Å². The molecule has 0 fully saturated rings. The van der Waals surface area contributed by atoms with Gasteiger partial charge in [-0.05, 0) is 11.1 Å². The lowest BCUT2D eigenvalue weighted by atomic mass is 10.1. The molecule has 0 aliphatic carbocycles. The smallest absolute Gasteiger partial charge is 0.372 e. The van der Waals surface area contributed by atoms with E-state index in [0.29, 0.717) is 13.1 Å². The Morgan fingerprint density at radius 2 is 1.92 bits per heavy atom. The summed E-state index contributed by atoms with van der Waals surface area (Å²) in [7, 11) is 0. The minimum absolute atomic E-state index is 0.111. The van der Waals surface area contributed by atoms with Crippen LogP contribution in [0.5, 0.6) is 0 Å². The molecule has 0 bridgehead atoms. The Labute approximate surface area is 136 Å². The number of halogens is 3. The summed E-state index contributed by atoms with van der Waals surface area (Å²) in [6.45, 7) is -0.694. The predicted octanol–water partition coefficient (Wildman–Crippen LogP) is 1.91. The Morgan fingerprint density at radius 1 is 1.21 bits per heavy atom. The molecule has 0 radical (unpaired) electrons. The van der Waals surface area contributed by atoms with Crippen molar-refractivity contribution in [2.24, 2.45) is 0 Å². The number of aromatic nitrogens is 3. The number of carbonyl (C=O) groups is 1. The van der Waals surface area contributed by atoms with Crippen LogP contribution in [0, 0.1) is 0 Å². The first kappa shape index (κ1) is 17.9. The van der Waals surface area contributed by atoms with Crippen molar-refractivity contribution in [3.05, 3.63) is 48.0 Å². The molecular weight excluding hydrogens is 325 g/mol. The average Bonchev–Trinajstić information content (AvgIpc) is 3.03. The fourth-order valence-corrected chi connectivity index (χ4v) is 1.91. The Kier molecular flexibility index (Phi) is 6.30.